The number of esters is 1. The maximum atomic E-state index is 13.3. The fourth-order valence-corrected chi connectivity index (χ4v) is 5.77. The molecule has 4 rings (SSSR count). The highest BCUT2D eigenvalue weighted by molar-refractivity contribution is 5.81. The van der Waals surface area contributed by atoms with Crippen molar-refractivity contribution in [2.24, 2.45) is 5.92 Å². The predicted molar refractivity (Wildman–Crippen MR) is 125 cm³/mol. The van der Waals surface area contributed by atoms with Gasteiger partial charge >= 0.3 is 5.97 Å². The van der Waals surface area contributed by atoms with E-state index in [1.54, 1.807) is 0 Å². The van der Waals surface area contributed by atoms with Crippen LogP contribution in [0, 0.1) is 5.92 Å². The third kappa shape index (κ3) is 4.89. The molecule has 2 aliphatic rings. The van der Waals surface area contributed by atoms with E-state index in [1.807, 2.05) is 48.8 Å². The number of likely N-dealkylation sites (N-methyl/N-ethyl adjacent to an activating group) is 1. The summed E-state index contributed by atoms with van der Waals surface area (Å²) in [6, 6.07) is 13.8. The number of nitrogens with zero attached hydrogens (tertiary/aromatic N) is 2. The molecule has 3 atom stereocenters. The van der Waals surface area contributed by atoms with Crippen molar-refractivity contribution >= 4 is 5.97 Å². The first-order valence-electron chi connectivity index (χ1n) is 12.2. The van der Waals surface area contributed by atoms with Crippen LogP contribution in [-0.2, 0) is 21.6 Å². The van der Waals surface area contributed by atoms with Crippen LogP contribution >= 0.6 is 0 Å². The van der Waals surface area contributed by atoms with Crippen molar-refractivity contribution in [1.82, 2.24) is 4.98 Å². The Morgan fingerprint density at radius 2 is 1.91 bits per heavy atom. The molecule has 3 unspecified atom stereocenters. The summed E-state index contributed by atoms with van der Waals surface area (Å²) in [5.41, 5.74) is 0.392. The number of rotatable bonds is 9. The first kappa shape index (κ1) is 22.9. The lowest BCUT2D eigenvalue weighted by Gasteiger charge is -2.37. The quantitative estimate of drug-likeness (QED) is 0.471. The molecule has 5 heteroatoms. The molecule has 172 valence electrons. The molecule has 1 aromatic carbocycles. The van der Waals surface area contributed by atoms with Gasteiger partial charge in [-0.2, -0.15) is 0 Å². The van der Waals surface area contributed by atoms with E-state index in [0.717, 1.165) is 68.9 Å². The van der Waals surface area contributed by atoms with E-state index in [1.165, 1.54) is 5.56 Å². The lowest BCUT2D eigenvalue weighted by molar-refractivity contribution is -0.921. The summed E-state index contributed by atoms with van der Waals surface area (Å²) in [4.78, 5) is 17.5. The molecule has 1 aliphatic heterocycles. The van der Waals surface area contributed by atoms with Crippen LogP contribution in [0.1, 0.15) is 56.1 Å². The number of likely N-dealkylation sites (tertiary alicyclic amines) is 1. The third-order valence-corrected chi connectivity index (χ3v) is 7.82. The second-order valence-electron chi connectivity index (χ2n) is 9.90. The number of carbonyl (C=O) groups excluding carboxylic acids is 1. The van der Waals surface area contributed by atoms with Gasteiger partial charge < -0.3 is 14.3 Å². The Labute approximate surface area is 192 Å². The summed E-state index contributed by atoms with van der Waals surface area (Å²) in [6.45, 7) is 2.55. The summed E-state index contributed by atoms with van der Waals surface area (Å²) in [5.74, 6) is -0.536. The Kier molecular flexibility index (Phi) is 7.27. The molecule has 5 nitrogen and oxygen atoms in total. The zero-order valence-corrected chi connectivity index (χ0v) is 19.3. The average Bonchev–Trinajstić information content (AvgIpc) is 3.49. The van der Waals surface area contributed by atoms with Crippen LogP contribution in [0.2, 0.25) is 0 Å². The van der Waals surface area contributed by atoms with E-state index in [0.29, 0.717) is 12.2 Å². The molecule has 2 heterocycles. The minimum atomic E-state index is -1.54. The molecule has 1 N–H and O–H groups in total. The van der Waals surface area contributed by atoms with Crippen molar-refractivity contribution in [3.05, 3.63) is 66.0 Å². The van der Waals surface area contributed by atoms with Gasteiger partial charge in [0.25, 0.3) is 0 Å². The Morgan fingerprint density at radius 1 is 1.12 bits per heavy atom. The number of ether oxygens (including phenoxy) is 1. The van der Waals surface area contributed by atoms with E-state index in [-0.39, 0.29) is 12.0 Å². The predicted octanol–water partition coefficient (Wildman–Crippen LogP) is 4.24. The average molecular weight is 438 g/mol. The van der Waals surface area contributed by atoms with Gasteiger partial charge in [-0.15, -0.1) is 0 Å². The number of hydrogen-bond acceptors (Lipinski definition) is 4. The van der Waals surface area contributed by atoms with E-state index in [2.05, 4.69) is 18.1 Å². The van der Waals surface area contributed by atoms with Gasteiger partial charge in [0.1, 0.15) is 12.6 Å². The van der Waals surface area contributed by atoms with Gasteiger partial charge in [0.2, 0.25) is 0 Å². The molecule has 0 radical (unpaired) electrons. The molecule has 1 aliphatic carbocycles. The highest BCUT2D eigenvalue weighted by Crippen LogP contribution is 2.41. The number of hydrogen-bond donors (Lipinski definition) is 1. The van der Waals surface area contributed by atoms with E-state index in [4.69, 9.17) is 4.74 Å². The van der Waals surface area contributed by atoms with E-state index in [9.17, 15) is 9.90 Å². The van der Waals surface area contributed by atoms with Crippen molar-refractivity contribution in [1.29, 1.82) is 0 Å². The van der Waals surface area contributed by atoms with Crippen molar-refractivity contribution in [2.45, 2.75) is 63.0 Å². The number of benzene rings is 1. The van der Waals surface area contributed by atoms with Gasteiger partial charge in [-0.1, -0.05) is 49.2 Å². The number of pyridine rings is 1. The third-order valence-electron chi connectivity index (χ3n) is 7.82. The van der Waals surface area contributed by atoms with Crippen LogP contribution in [0.15, 0.2) is 54.9 Å². The molecule has 0 amide bonds. The molecule has 32 heavy (non-hydrogen) atoms. The molecular formula is C27H37N2O3+. The summed E-state index contributed by atoms with van der Waals surface area (Å²) in [6.07, 6.45) is 11.9. The lowest BCUT2D eigenvalue weighted by Crippen LogP contribution is -2.52. The molecule has 2 aromatic rings. The first-order valence-corrected chi connectivity index (χ1v) is 12.2. The molecule has 0 spiro atoms. The maximum Gasteiger partial charge on any atom is 0.343 e. The summed E-state index contributed by atoms with van der Waals surface area (Å²) < 4.78 is 6.83. The highest BCUT2D eigenvalue weighted by atomic mass is 16.6. The van der Waals surface area contributed by atoms with Gasteiger partial charge in [0.15, 0.2) is 5.60 Å². The zero-order valence-electron chi connectivity index (χ0n) is 19.3. The maximum absolute atomic E-state index is 13.3. The van der Waals surface area contributed by atoms with Gasteiger partial charge in [-0.25, -0.2) is 4.79 Å². The van der Waals surface area contributed by atoms with Crippen LogP contribution in [0.5, 0.6) is 0 Å². The number of aryl methyl sites for hydroxylation is 1. The van der Waals surface area contributed by atoms with Gasteiger partial charge in [-0.3, -0.25) is 4.98 Å². The second-order valence-corrected chi connectivity index (χ2v) is 9.90. The zero-order chi connectivity index (χ0) is 22.4. The molecule has 2 fully saturated rings. The second kappa shape index (κ2) is 10.1. The smallest absolute Gasteiger partial charge is 0.343 e. The van der Waals surface area contributed by atoms with Crippen molar-refractivity contribution < 1.29 is 19.1 Å². The standard InChI is InChI=1S/C27H37N2O3/c1-29(18-8-11-22-10-7-17-28-20-22)19-9-16-25(29)21-32-26(30)27(31,24-14-5-6-15-24)23-12-3-2-4-13-23/h2-4,7,10,12-13,17,20,24-25,31H,5-6,8-9,11,14-16,18-19,21H2,1H3/q+1. The van der Waals surface area contributed by atoms with Crippen LogP contribution in [0.3, 0.4) is 0 Å². The highest BCUT2D eigenvalue weighted by Gasteiger charge is 2.48. The minimum Gasteiger partial charge on any atom is -0.457 e. The first-order chi connectivity index (χ1) is 15.5. The van der Waals surface area contributed by atoms with Crippen LogP contribution in [0.25, 0.3) is 0 Å². The summed E-state index contributed by atoms with van der Waals surface area (Å²) in [7, 11) is 2.29. The van der Waals surface area contributed by atoms with Gasteiger partial charge in [0, 0.05) is 37.6 Å². The summed E-state index contributed by atoms with van der Waals surface area (Å²) >= 11 is 0. The number of aromatic nitrogens is 1. The topological polar surface area (TPSA) is 59.4 Å². The summed E-state index contributed by atoms with van der Waals surface area (Å²) in [5, 5.41) is 11.6. The van der Waals surface area contributed by atoms with Crippen molar-refractivity contribution in [3.63, 3.8) is 0 Å². The number of quaternary nitrogens is 1. The van der Waals surface area contributed by atoms with E-state index >= 15 is 0 Å². The Balaban J connectivity index is 1.38. The Morgan fingerprint density at radius 3 is 2.62 bits per heavy atom. The molecule has 0 bridgehead atoms. The molecule has 1 aromatic heterocycles. The van der Waals surface area contributed by atoms with Crippen LogP contribution < -0.4 is 0 Å². The molecule has 1 saturated carbocycles. The van der Waals surface area contributed by atoms with Gasteiger partial charge in [-0.05, 0) is 36.5 Å². The Bertz CT molecular complexity index is 869. The van der Waals surface area contributed by atoms with Crippen LogP contribution in [0.4, 0.5) is 0 Å². The van der Waals surface area contributed by atoms with Crippen LogP contribution in [-0.4, -0.2) is 53.3 Å². The minimum absolute atomic E-state index is 0.0682. The van der Waals surface area contributed by atoms with Crippen molar-refractivity contribution in [2.75, 3.05) is 26.7 Å². The fraction of sp³-hybridized carbons (Fsp3) is 0.556. The van der Waals surface area contributed by atoms with E-state index < -0.39 is 11.6 Å². The normalized spacial score (nSPS) is 25.5. The number of carbonyl (C=O) groups is 1. The van der Waals surface area contributed by atoms with Crippen molar-refractivity contribution in [3.8, 4) is 0 Å². The fourth-order valence-electron chi connectivity index (χ4n) is 5.77. The molecular weight excluding hydrogens is 400 g/mol. The Hall–Kier alpha value is -2.24. The monoisotopic (exact) mass is 437 g/mol. The molecule has 1 saturated heterocycles. The number of aliphatic hydroxyl groups is 1. The SMILES string of the molecule is C[N+]1(CCCc2cccnc2)CCCC1COC(=O)C(O)(c1ccccc1)C1CCCC1. The lowest BCUT2D eigenvalue weighted by atomic mass is 9.80. The van der Waals surface area contributed by atoms with Gasteiger partial charge in [0.05, 0.1) is 20.1 Å². The largest absolute Gasteiger partial charge is 0.457 e.